The zero-order valence-electron chi connectivity index (χ0n) is 12.2. The predicted molar refractivity (Wildman–Crippen MR) is 80.3 cm³/mol. The zero-order valence-corrected chi connectivity index (χ0v) is 13.1. The van der Waals surface area contributed by atoms with Gasteiger partial charge in [-0.1, -0.05) is 6.42 Å². The van der Waals surface area contributed by atoms with Crippen LogP contribution in [0.1, 0.15) is 54.5 Å². The predicted octanol–water partition coefficient (Wildman–Crippen LogP) is 3.06. The van der Waals surface area contributed by atoms with E-state index in [0.29, 0.717) is 0 Å². The molecule has 3 atom stereocenters. The fourth-order valence-corrected chi connectivity index (χ4v) is 4.02. The van der Waals surface area contributed by atoms with E-state index in [0.717, 1.165) is 19.3 Å². The van der Waals surface area contributed by atoms with E-state index in [4.69, 9.17) is 5.73 Å². The van der Waals surface area contributed by atoms with Crippen LogP contribution in [0.3, 0.4) is 0 Å². The summed E-state index contributed by atoms with van der Waals surface area (Å²) in [4.78, 5) is 15.1. The van der Waals surface area contributed by atoms with Gasteiger partial charge in [0.1, 0.15) is 0 Å². The summed E-state index contributed by atoms with van der Waals surface area (Å²) < 4.78 is 0. The molecule has 0 aliphatic heterocycles. The third-order valence-electron chi connectivity index (χ3n) is 4.44. The molecule has 0 radical (unpaired) electrons. The van der Waals surface area contributed by atoms with Crippen LogP contribution in [0.15, 0.2) is 6.07 Å². The van der Waals surface area contributed by atoms with E-state index < -0.39 is 5.41 Å². The second-order valence-corrected chi connectivity index (χ2v) is 7.44. The second-order valence-electron chi connectivity index (χ2n) is 5.98. The van der Waals surface area contributed by atoms with Gasteiger partial charge in [0.2, 0.25) is 5.91 Å². The number of rotatable bonds is 3. The maximum Gasteiger partial charge on any atom is 0.227 e. The van der Waals surface area contributed by atoms with Crippen molar-refractivity contribution in [3.05, 3.63) is 21.4 Å². The molecule has 3 N–H and O–H groups in total. The van der Waals surface area contributed by atoms with Gasteiger partial charge in [-0.15, -0.1) is 11.3 Å². The zero-order chi connectivity index (χ0) is 14.2. The van der Waals surface area contributed by atoms with Crippen molar-refractivity contribution < 1.29 is 4.79 Å². The Bertz CT molecular complexity index is 482. The van der Waals surface area contributed by atoms with Crippen LogP contribution in [-0.4, -0.2) is 11.9 Å². The fourth-order valence-electron chi connectivity index (χ4n) is 2.99. The molecule has 0 saturated heterocycles. The molecule has 0 bridgehead atoms. The van der Waals surface area contributed by atoms with E-state index in [1.54, 1.807) is 11.3 Å². The minimum Gasteiger partial charge on any atom is -0.349 e. The largest absolute Gasteiger partial charge is 0.349 e. The molecule has 1 aromatic rings. The van der Waals surface area contributed by atoms with Gasteiger partial charge in [-0.2, -0.15) is 0 Å². The Hall–Kier alpha value is -0.870. The van der Waals surface area contributed by atoms with Crippen molar-refractivity contribution >= 4 is 17.2 Å². The summed E-state index contributed by atoms with van der Waals surface area (Å²) in [6.45, 7) is 8.26. The lowest BCUT2D eigenvalue weighted by Crippen LogP contribution is -2.47. The first-order valence-corrected chi connectivity index (χ1v) is 7.79. The molecule has 3 nitrogen and oxygen atoms in total. The average Bonchev–Trinajstić information content (AvgIpc) is 2.83. The van der Waals surface area contributed by atoms with Crippen molar-refractivity contribution in [2.24, 2.45) is 11.1 Å². The smallest absolute Gasteiger partial charge is 0.227 e. The molecule has 1 amide bonds. The SMILES string of the molecule is Cc1cc(C(C)NC(=O)C2(C)CCCC2N)c(C)s1. The first-order chi connectivity index (χ1) is 8.84. The number of carbonyl (C=O) groups is 1. The van der Waals surface area contributed by atoms with Gasteiger partial charge in [-0.05, 0) is 52.2 Å². The van der Waals surface area contributed by atoms with E-state index in [9.17, 15) is 4.79 Å². The van der Waals surface area contributed by atoms with Crippen molar-refractivity contribution in [2.75, 3.05) is 0 Å². The highest BCUT2D eigenvalue weighted by Gasteiger charge is 2.43. The molecule has 1 fully saturated rings. The molecule has 1 heterocycles. The maximum atomic E-state index is 12.5. The van der Waals surface area contributed by atoms with Gasteiger partial charge in [0.15, 0.2) is 0 Å². The number of nitrogens with two attached hydrogens (primary N) is 1. The molecular formula is C15H24N2OS. The molecule has 4 heteroatoms. The number of aryl methyl sites for hydroxylation is 2. The van der Waals surface area contributed by atoms with Crippen molar-refractivity contribution in [2.45, 2.75) is 59.0 Å². The topological polar surface area (TPSA) is 55.1 Å². The Morgan fingerprint density at radius 2 is 2.26 bits per heavy atom. The summed E-state index contributed by atoms with van der Waals surface area (Å²) in [5.41, 5.74) is 6.94. The Morgan fingerprint density at radius 1 is 1.58 bits per heavy atom. The third kappa shape index (κ3) is 2.70. The summed E-state index contributed by atoms with van der Waals surface area (Å²) in [5, 5.41) is 3.15. The van der Waals surface area contributed by atoms with Gasteiger partial charge in [-0.25, -0.2) is 0 Å². The molecule has 3 unspecified atom stereocenters. The third-order valence-corrected chi connectivity index (χ3v) is 5.42. The minimum atomic E-state index is -0.396. The number of hydrogen-bond acceptors (Lipinski definition) is 3. The lowest BCUT2D eigenvalue weighted by atomic mass is 9.84. The van der Waals surface area contributed by atoms with Crippen LogP contribution in [-0.2, 0) is 4.79 Å². The monoisotopic (exact) mass is 280 g/mol. The number of amides is 1. The van der Waals surface area contributed by atoms with E-state index >= 15 is 0 Å². The Labute approximate surface area is 119 Å². The molecule has 1 saturated carbocycles. The summed E-state index contributed by atoms with van der Waals surface area (Å²) in [6.07, 6.45) is 2.90. The molecule has 106 valence electrons. The van der Waals surface area contributed by atoms with Crippen LogP contribution in [0.5, 0.6) is 0 Å². The fraction of sp³-hybridized carbons (Fsp3) is 0.667. The average molecular weight is 280 g/mol. The number of carbonyl (C=O) groups excluding carboxylic acids is 1. The Balaban J connectivity index is 2.09. The quantitative estimate of drug-likeness (QED) is 0.894. The second kappa shape index (κ2) is 5.25. The van der Waals surface area contributed by atoms with Gasteiger partial charge >= 0.3 is 0 Å². The highest BCUT2D eigenvalue weighted by molar-refractivity contribution is 7.12. The van der Waals surface area contributed by atoms with Crippen molar-refractivity contribution in [3.8, 4) is 0 Å². The number of nitrogens with one attached hydrogen (secondary N) is 1. The minimum absolute atomic E-state index is 0.00925. The molecule has 0 spiro atoms. The van der Waals surface area contributed by atoms with Crippen molar-refractivity contribution in [1.82, 2.24) is 5.32 Å². The summed E-state index contributed by atoms with van der Waals surface area (Å²) >= 11 is 1.78. The van der Waals surface area contributed by atoms with Crippen LogP contribution in [0, 0.1) is 19.3 Å². The Morgan fingerprint density at radius 3 is 2.74 bits per heavy atom. The molecule has 2 rings (SSSR count). The maximum absolute atomic E-state index is 12.5. The summed E-state index contributed by atoms with van der Waals surface area (Å²) in [7, 11) is 0. The van der Waals surface area contributed by atoms with Gasteiger partial charge in [0.05, 0.1) is 11.5 Å². The highest BCUT2D eigenvalue weighted by Crippen LogP contribution is 2.37. The van der Waals surface area contributed by atoms with Crippen LogP contribution in [0.2, 0.25) is 0 Å². The van der Waals surface area contributed by atoms with Crippen LogP contribution in [0.25, 0.3) is 0 Å². The van der Waals surface area contributed by atoms with E-state index in [1.165, 1.54) is 15.3 Å². The molecular weight excluding hydrogens is 256 g/mol. The molecule has 0 aromatic carbocycles. The summed E-state index contributed by atoms with van der Waals surface area (Å²) in [5.74, 6) is 0.105. The highest BCUT2D eigenvalue weighted by atomic mass is 32.1. The summed E-state index contributed by atoms with van der Waals surface area (Å²) in [6, 6.07) is 2.22. The first-order valence-electron chi connectivity index (χ1n) is 6.98. The molecule has 1 aromatic heterocycles. The van der Waals surface area contributed by atoms with Crippen molar-refractivity contribution in [1.29, 1.82) is 0 Å². The van der Waals surface area contributed by atoms with Gasteiger partial charge in [0.25, 0.3) is 0 Å². The van der Waals surface area contributed by atoms with E-state index in [2.05, 4.69) is 32.2 Å². The lowest BCUT2D eigenvalue weighted by Gasteiger charge is -2.29. The number of thiophene rings is 1. The van der Waals surface area contributed by atoms with Crippen molar-refractivity contribution in [3.63, 3.8) is 0 Å². The van der Waals surface area contributed by atoms with Crippen LogP contribution < -0.4 is 11.1 Å². The lowest BCUT2D eigenvalue weighted by molar-refractivity contribution is -0.131. The number of hydrogen-bond donors (Lipinski definition) is 2. The molecule has 19 heavy (non-hydrogen) atoms. The van der Waals surface area contributed by atoms with Gasteiger partial charge in [0, 0.05) is 15.8 Å². The van der Waals surface area contributed by atoms with Crippen LogP contribution >= 0.6 is 11.3 Å². The van der Waals surface area contributed by atoms with Gasteiger partial charge in [-0.3, -0.25) is 4.79 Å². The van der Waals surface area contributed by atoms with E-state index in [1.807, 2.05) is 6.92 Å². The van der Waals surface area contributed by atoms with Crippen LogP contribution in [0.4, 0.5) is 0 Å². The normalized spacial score (nSPS) is 28.4. The Kier molecular flexibility index (Phi) is 4.02. The first kappa shape index (κ1) is 14.5. The molecule has 1 aliphatic rings. The van der Waals surface area contributed by atoms with E-state index in [-0.39, 0.29) is 18.0 Å². The molecule has 1 aliphatic carbocycles. The van der Waals surface area contributed by atoms with Gasteiger partial charge < -0.3 is 11.1 Å². The standard InChI is InChI=1S/C15H24N2OS/c1-9-8-12(11(3)19-9)10(2)17-14(18)15(4)7-5-6-13(15)16/h8,10,13H,5-7,16H2,1-4H3,(H,17,18).